The quantitative estimate of drug-likeness (QED) is 0.721. The number of alkyl halides is 3. The Bertz CT molecular complexity index is 1050. The number of aryl methyl sites for hydroxylation is 1. The number of benzene rings is 2. The third kappa shape index (κ3) is 3.00. The van der Waals surface area contributed by atoms with E-state index in [-0.39, 0.29) is 5.91 Å². The van der Waals surface area contributed by atoms with Gasteiger partial charge in [0.25, 0.3) is 5.91 Å². The van der Waals surface area contributed by atoms with Gasteiger partial charge in [-0.2, -0.15) is 18.3 Å². The molecule has 1 N–H and O–H groups in total. The molecule has 1 amide bonds. The van der Waals surface area contributed by atoms with Crippen molar-refractivity contribution >= 4 is 17.3 Å². The summed E-state index contributed by atoms with van der Waals surface area (Å²) < 4.78 is 40.4. The number of hydrogen-bond acceptors (Lipinski definition) is 3. The Morgan fingerprint density at radius 2 is 1.86 bits per heavy atom. The minimum Gasteiger partial charge on any atom is -0.355 e. The number of aromatic nitrogens is 2. The van der Waals surface area contributed by atoms with Crippen molar-refractivity contribution in [3.63, 3.8) is 0 Å². The number of fused-ring (bicyclic) bond motifs is 3. The largest absolute Gasteiger partial charge is 0.416 e. The summed E-state index contributed by atoms with van der Waals surface area (Å²) in [5.74, 6) is -0.216. The second-order valence-electron chi connectivity index (χ2n) is 6.62. The number of rotatable bonds is 2. The van der Waals surface area contributed by atoms with Crippen molar-refractivity contribution in [2.75, 3.05) is 11.9 Å². The lowest BCUT2D eigenvalue weighted by Crippen LogP contribution is -2.22. The summed E-state index contributed by atoms with van der Waals surface area (Å²) in [6, 6.07) is 10.3. The SMILES string of the molecule is CNC(=O)c1ccc2c(c1)-c1nn(C)cc1CN2c1ccc(C(F)(F)F)cc1. The molecule has 0 aliphatic carbocycles. The van der Waals surface area contributed by atoms with Crippen LogP contribution in [0.3, 0.4) is 0 Å². The molecule has 0 bridgehead atoms. The van der Waals surface area contributed by atoms with Gasteiger partial charge in [0.05, 0.1) is 23.5 Å². The number of anilines is 2. The van der Waals surface area contributed by atoms with Gasteiger partial charge in [0.15, 0.2) is 0 Å². The summed E-state index contributed by atoms with van der Waals surface area (Å²) in [6.45, 7) is 0.473. The standard InChI is InChI=1S/C20H17F3N4O/c1-24-19(28)12-3-8-17-16(9-12)18-13(10-26(2)25-18)11-27(17)15-6-4-14(5-7-15)20(21,22)23/h3-10H,11H2,1-2H3,(H,24,28). The molecule has 0 unspecified atom stereocenters. The summed E-state index contributed by atoms with van der Waals surface area (Å²) >= 11 is 0. The van der Waals surface area contributed by atoms with Crippen molar-refractivity contribution in [2.24, 2.45) is 7.05 Å². The zero-order valence-corrected chi connectivity index (χ0v) is 15.2. The lowest BCUT2D eigenvalue weighted by atomic mass is 9.97. The Morgan fingerprint density at radius 1 is 1.14 bits per heavy atom. The number of nitrogens with one attached hydrogen (secondary N) is 1. The van der Waals surface area contributed by atoms with E-state index >= 15 is 0 Å². The highest BCUT2D eigenvalue weighted by Crippen LogP contribution is 2.43. The number of carbonyl (C=O) groups excluding carboxylic acids is 1. The Balaban J connectivity index is 1.82. The predicted molar refractivity (Wildman–Crippen MR) is 99.3 cm³/mol. The van der Waals surface area contributed by atoms with Gasteiger partial charge in [0.2, 0.25) is 0 Å². The van der Waals surface area contributed by atoms with Crippen LogP contribution in [0.4, 0.5) is 24.5 Å². The molecule has 2 heterocycles. The maximum atomic E-state index is 12.9. The number of nitrogens with zero attached hydrogens (tertiary/aromatic N) is 3. The van der Waals surface area contributed by atoms with Gasteiger partial charge in [-0.1, -0.05) is 0 Å². The molecule has 0 radical (unpaired) electrons. The molecule has 0 saturated heterocycles. The van der Waals surface area contributed by atoms with Gasteiger partial charge in [0, 0.05) is 42.7 Å². The van der Waals surface area contributed by atoms with Crippen LogP contribution < -0.4 is 10.2 Å². The Morgan fingerprint density at radius 3 is 2.50 bits per heavy atom. The molecule has 1 aromatic heterocycles. The third-order valence-corrected chi connectivity index (χ3v) is 4.77. The van der Waals surface area contributed by atoms with Gasteiger partial charge in [0.1, 0.15) is 0 Å². The monoisotopic (exact) mass is 386 g/mol. The van der Waals surface area contributed by atoms with Gasteiger partial charge in [-0.25, -0.2) is 0 Å². The van der Waals surface area contributed by atoms with Crippen molar-refractivity contribution in [1.29, 1.82) is 0 Å². The number of carbonyl (C=O) groups is 1. The fraction of sp³-hybridized carbons (Fsp3) is 0.200. The molecule has 0 saturated carbocycles. The van der Waals surface area contributed by atoms with Crippen molar-refractivity contribution < 1.29 is 18.0 Å². The first-order chi connectivity index (χ1) is 13.3. The van der Waals surface area contributed by atoms with Crippen molar-refractivity contribution in [2.45, 2.75) is 12.7 Å². The molecule has 0 fully saturated rings. The summed E-state index contributed by atoms with van der Waals surface area (Å²) in [7, 11) is 3.37. The molecule has 0 spiro atoms. The maximum Gasteiger partial charge on any atom is 0.416 e. The zero-order valence-electron chi connectivity index (χ0n) is 15.2. The van der Waals surface area contributed by atoms with Crippen molar-refractivity contribution in [3.05, 3.63) is 65.4 Å². The molecule has 144 valence electrons. The summed E-state index contributed by atoms with van der Waals surface area (Å²) in [5, 5.41) is 7.10. The Hall–Kier alpha value is -3.29. The summed E-state index contributed by atoms with van der Waals surface area (Å²) in [4.78, 5) is 14.0. The highest BCUT2D eigenvalue weighted by atomic mass is 19.4. The second-order valence-corrected chi connectivity index (χ2v) is 6.62. The molecule has 1 aliphatic rings. The molecule has 0 atom stereocenters. The van der Waals surface area contributed by atoms with Crippen LogP contribution in [-0.2, 0) is 19.8 Å². The lowest BCUT2D eigenvalue weighted by Gasteiger charge is -2.31. The van der Waals surface area contributed by atoms with E-state index in [0.29, 0.717) is 17.8 Å². The molecule has 2 aromatic carbocycles. The highest BCUT2D eigenvalue weighted by Gasteiger charge is 2.31. The molecule has 8 heteroatoms. The van der Waals surface area contributed by atoms with E-state index in [1.165, 1.54) is 12.1 Å². The van der Waals surface area contributed by atoms with E-state index in [4.69, 9.17) is 0 Å². The second kappa shape index (κ2) is 6.40. The van der Waals surface area contributed by atoms with E-state index in [1.54, 1.807) is 29.9 Å². The zero-order chi connectivity index (χ0) is 20.1. The maximum absolute atomic E-state index is 12.9. The minimum absolute atomic E-state index is 0.216. The number of amides is 1. The first-order valence-corrected chi connectivity index (χ1v) is 8.62. The fourth-order valence-electron chi connectivity index (χ4n) is 3.44. The van der Waals surface area contributed by atoms with Gasteiger partial charge >= 0.3 is 6.18 Å². The normalized spacial score (nSPS) is 13.1. The van der Waals surface area contributed by atoms with E-state index in [2.05, 4.69) is 10.4 Å². The Kier molecular flexibility index (Phi) is 4.14. The summed E-state index contributed by atoms with van der Waals surface area (Å²) in [6.07, 6.45) is -2.50. The minimum atomic E-state index is -4.38. The molecule has 1 aliphatic heterocycles. The van der Waals surface area contributed by atoms with Crippen LogP contribution in [0.1, 0.15) is 21.5 Å². The predicted octanol–water partition coefficient (Wildman–Crippen LogP) is 4.12. The molecule has 4 rings (SSSR count). The van der Waals surface area contributed by atoms with Crippen LogP contribution in [0.15, 0.2) is 48.7 Å². The average Bonchev–Trinajstić information content (AvgIpc) is 3.06. The smallest absolute Gasteiger partial charge is 0.355 e. The van der Waals surface area contributed by atoms with E-state index < -0.39 is 11.7 Å². The van der Waals surface area contributed by atoms with E-state index in [1.807, 2.05) is 18.1 Å². The van der Waals surface area contributed by atoms with Gasteiger partial charge in [-0.15, -0.1) is 0 Å². The average molecular weight is 386 g/mol. The highest BCUT2D eigenvalue weighted by molar-refractivity contribution is 5.98. The van der Waals surface area contributed by atoms with E-state index in [0.717, 1.165) is 34.6 Å². The number of halogens is 3. The Labute approximate surface area is 159 Å². The first-order valence-electron chi connectivity index (χ1n) is 8.62. The molecule has 3 aromatic rings. The molecular formula is C20H17F3N4O. The fourth-order valence-corrected chi connectivity index (χ4v) is 3.44. The van der Waals surface area contributed by atoms with Crippen molar-refractivity contribution in [3.8, 4) is 11.3 Å². The van der Waals surface area contributed by atoms with Crippen LogP contribution >= 0.6 is 0 Å². The van der Waals surface area contributed by atoms with Crippen LogP contribution in [-0.4, -0.2) is 22.7 Å². The van der Waals surface area contributed by atoms with E-state index in [9.17, 15) is 18.0 Å². The van der Waals surface area contributed by atoms with Gasteiger partial charge in [-0.3, -0.25) is 9.48 Å². The molecule has 5 nitrogen and oxygen atoms in total. The van der Waals surface area contributed by atoms with Crippen LogP contribution in [0.5, 0.6) is 0 Å². The van der Waals surface area contributed by atoms with Crippen LogP contribution in [0.25, 0.3) is 11.3 Å². The van der Waals surface area contributed by atoms with Crippen LogP contribution in [0.2, 0.25) is 0 Å². The van der Waals surface area contributed by atoms with Crippen molar-refractivity contribution in [1.82, 2.24) is 15.1 Å². The molecule has 28 heavy (non-hydrogen) atoms. The van der Waals surface area contributed by atoms with Crippen LogP contribution in [0, 0.1) is 0 Å². The lowest BCUT2D eigenvalue weighted by molar-refractivity contribution is -0.137. The third-order valence-electron chi connectivity index (χ3n) is 4.77. The van der Waals surface area contributed by atoms with Gasteiger partial charge < -0.3 is 10.2 Å². The topological polar surface area (TPSA) is 50.2 Å². The van der Waals surface area contributed by atoms with Gasteiger partial charge in [-0.05, 0) is 42.5 Å². The summed E-state index contributed by atoms with van der Waals surface area (Å²) in [5.41, 5.74) is 3.70. The number of hydrogen-bond donors (Lipinski definition) is 1. The molecular weight excluding hydrogens is 369 g/mol. The first kappa shape index (κ1) is 18.1.